The van der Waals surface area contributed by atoms with Crippen molar-refractivity contribution in [2.45, 2.75) is 25.7 Å². The van der Waals surface area contributed by atoms with Crippen molar-refractivity contribution in [3.05, 3.63) is 34.6 Å². The molecule has 0 saturated carbocycles. The molecule has 0 unspecified atom stereocenters. The molecule has 110 valence electrons. The molecular weight excluding hydrogens is 279 g/mol. The van der Waals surface area contributed by atoms with E-state index in [2.05, 4.69) is 10.2 Å². The molecule has 1 aromatic carbocycles. The number of nitrogens with zero attached hydrogens (tertiary/aromatic N) is 1. The van der Waals surface area contributed by atoms with E-state index >= 15 is 0 Å². The Bertz CT molecular complexity index is 441. The van der Waals surface area contributed by atoms with Crippen LogP contribution in [0.3, 0.4) is 0 Å². The van der Waals surface area contributed by atoms with Crippen molar-refractivity contribution in [1.82, 2.24) is 10.2 Å². The molecule has 1 saturated heterocycles. The second kappa shape index (κ2) is 7.60. The second-order valence-corrected chi connectivity index (χ2v) is 5.52. The topological polar surface area (TPSA) is 32.3 Å². The lowest BCUT2D eigenvalue weighted by Crippen LogP contribution is -2.33. The van der Waals surface area contributed by atoms with Crippen molar-refractivity contribution >= 4 is 17.5 Å². The second-order valence-electron chi connectivity index (χ2n) is 5.11. The van der Waals surface area contributed by atoms with Gasteiger partial charge in [-0.1, -0.05) is 24.1 Å². The van der Waals surface area contributed by atoms with Crippen LogP contribution in [0.2, 0.25) is 5.02 Å². The quantitative estimate of drug-likeness (QED) is 0.847. The van der Waals surface area contributed by atoms with Crippen molar-refractivity contribution in [1.29, 1.82) is 0 Å². The zero-order chi connectivity index (χ0) is 14.4. The molecule has 0 aliphatic carbocycles. The summed E-state index contributed by atoms with van der Waals surface area (Å²) in [6, 6.07) is 4.26. The lowest BCUT2D eigenvalue weighted by atomic mass is 10.1. The number of nitrogens with one attached hydrogen (secondary N) is 1. The van der Waals surface area contributed by atoms with Crippen LogP contribution in [0.15, 0.2) is 18.2 Å². The lowest BCUT2D eigenvalue weighted by Gasteiger charge is -2.26. The number of piperidine rings is 1. The standard InChI is InChI=1S/C15H20ClFN2O/c16-12-6-4-7-13(17)14(12)15(20)18-8-5-11-19-9-2-1-3-10-19/h4,6-7H,1-3,5,8-11H2,(H,18,20). The number of carbonyl (C=O) groups excluding carboxylic acids is 1. The molecule has 1 aromatic rings. The monoisotopic (exact) mass is 298 g/mol. The fourth-order valence-corrected chi connectivity index (χ4v) is 2.74. The molecule has 20 heavy (non-hydrogen) atoms. The van der Waals surface area contributed by atoms with Gasteiger partial charge in [0, 0.05) is 6.54 Å². The van der Waals surface area contributed by atoms with Crippen molar-refractivity contribution in [2.24, 2.45) is 0 Å². The molecule has 1 heterocycles. The van der Waals surface area contributed by atoms with E-state index < -0.39 is 11.7 Å². The molecular formula is C15H20ClFN2O. The summed E-state index contributed by atoms with van der Waals surface area (Å²) in [5.74, 6) is -1.02. The number of halogens is 2. The van der Waals surface area contributed by atoms with Gasteiger partial charge < -0.3 is 10.2 Å². The number of likely N-dealkylation sites (tertiary alicyclic amines) is 1. The van der Waals surface area contributed by atoms with Gasteiger partial charge in [0.05, 0.1) is 10.6 Å². The molecule has 2 rings (SSSR count). The van der Waals surface area contributed by atoms with E-state index in [1.54, 1.807) is 0 Å². The molecule has 1 aliphatic heterocycles. The van der Waals surface area contributed by atoms with Crippen LogP contribution < -0.4 is 5.32 Å². The highest BCUT2D eigenvalue weighted by Crippen LogP contribution is 2.18. The highest BCUT2D eigenvalue weighted by molar-refractivity contribution is 6.33. The summed E-state index contributed by atoms with van der Waals surface area (Å²) < 4.78 is 13.5. The lowest BCUT2D eigenvalue weighted by molar-refractivity contribution is 0.0947. The third-order valence-corrected chi connectivity index (χ3v) is 3.89. The van der Waals surface area contributed by atoms with Gasteiger partial charge in [-0.3, -0.25) is 4.79 Å². The van der Waals surface area contributed by atoms with Crippen LogP contribution in [0.25, 0.3) is 0 Å². The van der Waals surface area contributed by atoms with Crippen molar-refractivity contribution in [2.75, 3.05) is 26.2 Å². The predicted molar refractivity (Wildman–Crippen MR) is 78.7 cm³/mol. The summed E-state index contributed by atoms with van der Waals surface area (Å²) in [5.41, 5.74) is -0.0628. The Balaban J connectivity index is 1.75. The number of benzene rings is 1. The summed E-state index contributed by atoms with van der Waals surface area (Å²) >= 11 is 5.85. The molecule has 0 aromatic heterocycles. The first kappa shape index (κ1) is 15.3. The Morgan fingerprint density at radius 1 is 1.30 bits per heavy atom. The molecule has 0 atom stereocenters. The van der Waals surface area contributed by atoms with E-state index in [0.717, 1.165) is 26.1 Å². The smallest absolute Gasteiger partial charge is 0.255 e. The Labute approximate surface area is 124 Å². The molecule has 1 N–H and O–H groups in total. The number of hydrogen-bond donors (Lipinski definition) is 1. The first-order valence-electron chi connectivity index (χ1n) is 7.13. The van der Waals surface area contributed by atoms with Crippen LogP contribution in [0.4, 0.5) is 4.39 Å². The maximum Gasteiger partial charge on any atom is 0.255 e. The van der Waals surface area contributed by atoms with E-state index in [9.17, 15) is 9.18 Å². The van der Waals surface area contributed by atoms with Crippen molar-refractivity contribution in [3.63, 3.8) is 0 Å². The van der Waals surface area contributed by atoms with Gasteiger partial charge in [-0.2, -0.15) is 0 Å². The van der Waals surface area contributed by atoms with Gasteiger partial charge in [-0.15, -0.1) is 0 Å². The molecule has 0 radical (unpaired) electrons. The number of rotatable bonds is 5. The normalized spacial score (nSPS) is 16.1. The van der Waals surface area contributed by atoms with E-state index in [-0.39, 0.29) is 10.6 Å². The van der Waals surface area contributed by atoms with E-state index in [4.69, 9.17) is 11.6 Å². The van der Waals surface area contributed by atoms with E-state index in [0.29, 0.717) is 6.54 Å². The highest BCUT2D eigenvalue weighted by Gasteiger charge is 2.15. The van der Waals surface area contributed by atoms with Gasteiger partial charge in [-0.25, -0.2) is 4.39 Å². The zero-order valence-electron chi connectivity index (χ0n) is 11.5. The number of hydrogen-bond acceptors (Lipinski definition) is 2. The molecule has 1 amide bonds. The van der Waals surface area contributed by atoms with Crippen LogP contribution in [-0.4, -0.2) is 37.0 Å². The van der Waals surface area contributed by atoms with Crippen LogP contribution in [0.1, 0.15) is 36.0 Å². The molecule has 0 spiro atoms. The minimum Gasteiger partial charge on any atom is -0.352 e. The minimum atomic E-state index is -0.578. The van der Waals surface area contributed by atoms with Gasteiger partial charge in [0.2, 0.25) is 0 Å². The van der Waals surface area contributed by atoms with E-state index in [1.165, 1.54) is 37.5 Å². The number of amides is 1. The first-order chi connectivity index (χ1) is 9.68. The molecule has 1 aliphatic rings. The van der Waals surface area contributed by atoms with Gasteiger partial charge >= 0.3 is 0 Å². The van der Waals surface area contributed by atoms with E-state index in [1.807, 2.05) is 0 Å². The Hall–Kier alpha value is -1.13. The van der Waals surface area contributed by atoms with Gasteiger partial charge in [0.15, 0.2) is 0 Å². The molecule has 0 bridgehead atoms. The average molecular weight is 299 g/mol. The maximum absolute atomic E-state index is 13.5. The zero-order valence-corrected chi connectivity index (χ0v) is 12.3. The van der Waals surface area contributed by atoms with Crippen LogP contribution >= 0.6 is 11.6 Å². The third kappa shape index (κ3) is 4.18. The van der Waals surface area contributed by atoms with Gasteiger partial charge in [0.25, 0.3) is 5.91 Å². The predicted octanol–water partition coefficient (Wildman–Crippen LogP) is 3.08. The summed E-state index contributed by atoms with van der Waals surface area (Å²) in [5, 5.41) is 2.88. The van der Waals surface area contributed by atoms with Crippen molar-refractivity contribution < 1.29 is 9.18 Å². The summed E-state index contributed by atoms with van der Waals surface area (Å²) in [6.45, 7) is 3.81. The third-order valence-electron chi connectivity index (χ3n) is 3.58. The number of carbonyl (C=O) groups is 1. The van der Waals surface area contributed by atoms with Crippen LogP contribution in [-0.2, 0) is 0 Å². The fraction of sp³-hybridized carbons (Fsp3) is 0.533. The van der Waals surface area contributed by atoms with Gasteiger partial charge in [0.1, 0.15) is 5.82 Å². The molecule has 1 fully saturated rings. The minimum absolute atomic E-state index is 0.0628. The first-order valence-corrected chi connectivity index (χ1v) is 7.51. The molecule has 5 heteroatoms. The van der Waals surface area contributed by atoms with Gasteiger partial charge in [-0.05, 0) is 51.0 Å². The summed E-state index contributed by atoms with van der Waals surface area (Å²) in [7, 11) is 0. The summed E-state index contributed by atoms with van der Waals surface area (Å²) in [4.78, 5) is 14.3. The summed E-state index contributed by atoms with van der Waals surface area (Å²) in [6.07, 6.45) is 4.71. The van der Waals surface area contributed by atoms with Crippen LogP contribution in [0.5, 0.6) is 0 Å². The highest BCUT2D eigenvalue weighted by atomic mass is 35.5. The van der Waals surface area contributed by atoms with Crippen LogP contribution in [0, 0.1) is 5.82 Å². The fourth-order valence-electron chi connectivity index (χ4n) is 2.49. The SMILES string of the molecule is O=C(NCCCN1CCCCC1)c1c(F)cccc1Cl. The maximum atomic E-state index is 13.5. The average Bonchev–Trinajstić information content (AvgIpc) is 2.44. The van der Waals surface area contributed by atoms with Crippen molar-refractivity contribution in [3.8, 4) is 0 Å². The largest absolute Gasteiger partial charge is 0.352 e. The Morgan fingerprint density at radius 2 is 2.05 bits per heavy atom. The Morgan fingerprint density at radius 3 is 2.75 bits per heavy atom. The Kier molecular flexibility index (Phi) is 5.80. The molecule has 3 nitrogen and oxygen atoms in total.